The van der Waals surface area contributed by atoms with Crippen LogP contribution < -0.4 is 5.32 Å². The molecule has 3 atom stereocenters. The Hall–Kier alpha value is 0.143. The van der Waals surface area contributed by atoms with Crippen LogP contribution in [0.25, 0.3) is 0 Å². The summed E-state index contributed by atoms with van der Waals surface area (Å²) in [5.74, 6) is 0.300. The SMILES string of the molecule is [B][C@@H]1O[C@H](CNC(=O)CC)[CH-]C1CCCOCC.[CH3-].[W+2]. The van der Waals surface area contributed by atoms with Gasteiger partial charge in [-0.15, -0.1) is 5.92 Å². The number of ether oxygens (including phenoxy) is 2. The van der Waals surface area contributed by atoms with Gasteiger partial charge in [-0.05, 0) is 25.5 Å². The summed E-state index contributed by atoms with van der Waals surface area (Å²) < 4.78 is 10.9. The van der Waals surface area contributed by atoms with Gasteiger partial charge in [-0.1, -0.05) is 13.3 Å². The van der Waals surface area contributed by atoms with Crippen molar-refractivity contribution in [3.05, 3.63) is 13.8 Å². The van der Waals surface area contributed by atoms with Gasteiger partial charge in [0.05, 0.1) is 0 Å². The largest absolute Gasteiger partial charge is 2.00 e. The number of carbonyl (C=O) groups excluding carboxylic acids is 1. The van der Waals surface area contributed by atoms with E-state index >= 15 is 0 Å². The number of rotatable bonds is 8. The molecule has 0 aromatic rings. The molecule has 20 heavy (non-hydrogen) atoms. The zero-order chi connectivity index (χ0) is 13.4. The minimum atomic E-state index is -0.254. The van der Waals surface area contributed by atoms with E-state index in [0.29, 0.717) is 13.0 Å². The molecule has 0 aromatic carbocycles. The van der Waals surface area contributed by atoms with Crippen LogP contribution in [-0.2, 0) is 35.3 Å². The predicted octanol–water partition coefficient (Wildman–Crippen LogP) is 1.49. The van der Waals surface area contributed by atoms with Crippen molar-refractivity contribution in [2.75, 3.05) is 19.8 Å². The van der Waals surface area contributed by atoms with Gasteiger partial charge < -0.3 is 22.2 Å². The van der Waals surface area contributed by atoms with Crippen LogP contribution in [0.2, 0.25) is 0 Å². The van der Waals surface area contributed by atoms with Crippen molar-refractivity contribution in [1.82, 2.24) is 5.32 Å². The van der Waals surface area contributed by atoms with E-state index < -0.39 is 0 Å². The molecule has 1 saturated heterocycles. The second-order valence-electron chi connectivity index (χ2n) is 4.49. The number of amides is 1. The maximum absolute atomic E-state index is 11.1. The van der Waals surface area contributed by atoms with Crippen molar-refractivity contribution in [2.45, 2.75) is 45.2 Å². The molecule has 0 aliphatic carbocycles. The van der Waals surface area contributed by atoms with E-state index in [1.807, 2.05) is 13.8 Å². The molecular formula is C14H26BNO3W. The molecule has 1 aliphatic rings. The summed E-state index contributed by atoms with van der Waals surface area (Å²) >= 11 is 0. The van der Waals surface area contributed by atoms with Crippen molar-refractivity contribution in [1.29, 1.82) is 0 Å². The van der Waals surface area contributed by atoms with E-state index in [0.717, 1.165) is 26.1 Å². The first-order chi connectivity index (χ1) is 8.67. The van der Waals surface area contributed by atoms with E-state index in [4.69, 9.17) is 17.3 Å². The Kier molecular flexibility index (Phi) is 14.4. The molecule has 0 saturated carbocycles. The van der Waals surface area contributed by atoms with Gasteiger partial charge in [0.1, 0.15) is 7.85 Å². The molecular weight excluding hydrogens is 425 g/mol. The Morgan fingerprint density at radius 1 is 1.45 bits per heavy atom. The first-order valence-corrected chi connectivity index (χ1v) is 6.77. The fourth-order valence-electron chi connectivity index (χ4n) is 2.01. The fraction of sp³-hybridized carbons (Fsp3) is 0.786. The summed E-state index contributed by atoms with van der Waals surface area (Å²) in [5.41, 5.74) is 0. The van der Waals surface area contributed by atoms with Crippen LogP contribution in [0.15, 0.2) is 0 Å². The molecule has 114 valence electrons. The smallest absolute Gasteiger partial charge is 0.417 e. The Morgan fingerprint density at radius 3 is 2.75 bits per heavy atom. The second-order valence-corrected chi connectivity index (χ2v) is 4.49. The minimum Gasteiger partial charge on any atom is -0.417 e. The van der Waals surface area contributed by atoms with Crippen molar-refractivity contribution < 1.29 is 35.3 Å². The molecule has 1 fully saturated rings. The second kappa shape index (κ2) is 12.9. The summed E-state index contributed by atoms with van der Waals surface area (Å²) in [7, 11) is 5.92. The number of hydrogen-bond donors (Lipinski definition) is 1. The summed E-state index contributed by atoms with van der Waals surface area (Å²) in [6.45, 7) is 5.86. The van der Waals surface area contributed by atoms with Crippen LogP contribution in [0.1, 0.15) is 33.1 Å². The van der Waals surface area contributed by atoms with E-state index in [2.05, 4.69) is 11.7 Å². The van der Waals surface area contributed by atoms with Gasteiger partial charge in [-0.3, -0.25) is 11.2 Å². The minimum absolute atomic E-state index is 0. The molecule has 2 radical (unpaired) electrons. The molecule has 1 aliphatic heterocycles. The molecule has 1 amide bonds. The van der Waals surface area contributed by atoms with Crippen LogP contribution >= 0.6 is 0 Å². The maximum Gasteiger partial charge on any atom is 2.00 e. The Labute approximate surface area is 139 Å². The van der Waals surface area contributed by atoms with E-state index in [-0.39, 0.29) is 52.4 Å². The quantitative estimate of drug-likeness (QED) is 0.346. The summed E-state index contributed by atoms with van der Waals surface area (Å²) in [5, 5.41) is 2.82. The van der Waals surface area contributed by atoms with Crippen molar-refractivity contribution in [3.63, 3.8) is 0 Å². The van der Waals surface area contributed by atoms with E-state index in [1.165, 1.54) is 0 Å². The fourth-order valence-corrected chi connectivity index (χ4v) is 2.01. The number of carbonyl (C=O) groups is 1. The summed E-state index contributed by atoms with van der Waals surface area (Å²) in [6.07, 6.45) is 4.50. The molecule has 4 nitrogen and oxygen atoms in total. The van der Waals surface area contributed by atoms with Crippen LogP contribution in [0, 0.1) is 19.8 Å². The van der Waals surface area contributed by atoms with E-state index in [1.54, 1.807) is 0 Å². The van der Waals surface area contributed by atoms with Crippen LogP contribution in [0.5, 0.6) is 0 Å². The van der Waals surface area contributed by atoms with Gasteiger partial charge in [0.2, 0.25) is 5.91 Å². The van der Waals surface area contributed by atoms with Crippen molar-refractivity contribution >= 4 is 13.8 Å². The molecule has 6 heteroatoms. The third kappa shape index (κ3) is 8.43. The standard InChI is InChI=1S/C13H23BNO3.CH3.W/c1-3-12(16)15-9-11-8-10(13(14)18-11)6-5-7-17-4-2;;/h8,10-11,13H,3-7,9H2,1-2H3,(H,15,16);1H3;/q2*-1;+2/t10?,11-,13+;;/m0../s1. The maximum atomic E-state index is 11.1. The zero-order valence-corrected chi connectivity index (χ0v) is 15.7. The summed E-state index contributed by atoms with van der Waals surface area (Å²) in [4.78, 5) is 11.1. The third-order valence-electron chi connectivity index (χ3n) is 3.07. The average molecular weight is 451 g/mol. The molecule has 0 aromatic heterocycles. The Morgan fingerprint density at radius 2 is 2.15 bits per heavy atom. The third-order valence-corrected chi connectivity index (χ3v) is 3.07. The van der Waals surface area contributed by atoms with Gasteiger partial charge in [0.25, 0.3) is 0 Å². The van der Waals surface area contributed by atoms with Gasteiger partial charge in [0.15, 0.2) is 0 Å². The monoisotopic (exact) mass is 451 g/mol. The summed E-state index contributed by atoms with van der Waals surface area (Å²) in [6, 6.07) is -0.254. The topological polar surface area (TPSA) is 47.6 Å². The first kappa shape index (κ1) is 22.4. The average Bonchev–Trinajstić information content (AvgIpc) is 2.72. The van der Waals surface area contributed by atoms with E-state index in [9.17, 15) is 4.79 Å². The van der Waals surface area contributed by atoms with Crippen LogP contribution in [-0.4, -0.2) is 45.6 Å². The van der Waals surface area contributed by atoms with Crippen LogP contribution in [0.4, 0.5) is 0 Å². The van der Waals surface area contributed by atoms with Gasteiger partial charge in [-0.25, -0.2) is 0 Å². The molecule has 1 heterocycles. The number of hydrogen-bond acceptors (Lipinski definition) is 3. The van der Waals surface area contributed by atoms with Gasteiger partial charge in [0, 0.05) is 26.2 Å². The van der Waals surface area contributed by atoms with Crippen molar-refractivity contribution in [3.8, 4) is 0 Å². The first-order valence-electron chi connectivity index (χ1n) is 6.77. The Bertz CT molecular complexity index is 257. The predicted molar refractivity (Wildman–Crippen MR) is 77.6 cm³/mol. The molecule has 1 rings (SSSR count). The van der Waals surface area contributed by atoms with Gasteiger partial charge >= 0.3 is 21.1 Å². The van der Waals surface area contributed by atoms with Crippen molar-refractivity contribution in [2.24, 2.45) is 5.92 Å². The molecule has 1 unspecified atom stereocenters. The zero-order valence-electron chi connectivity index (χ0n) is 12.8. The normalized spacial score (nSPS) is 24.6. The van der Waals surface area contributed by atoms with Crippen LogP contribution in [0.3, 0.4) is 0 Å². The molecule has 0 bridgehead atoms. The Balaban J connectivity index is 0. The van der Waals surface area contributed by atoms with Gasteiger partial charge in [-0.2, -0.15) is 0 Å². The molecule has 0 spiro atoms. The number of nitrogens with one attached hydrogen (secondary N) is 1. The molecule has 1 N–H and O–H groups in total.